The maximum absolute atomic E-state index is 12.0. The van der Waals surface area contributed by atoms with Crippen molar-refractivity contribution in [3.05, 3.63) is 44.3 Å². The molecule has 3 rings (SSSR count). The minimum Gasteiger partial charge on any atom is -0.298 e. The molecule has 1 aromatic heterocycles. The highest BCUT2D eigenvalue weighted by molar-refractivity contribution is 7.09. The van der Waals surface area contributed by atoms with E-state index in [2.05, 4.69) is 4.98 Å². The molecule has 0 radical (unpaired) electrons. The van der Waals surface area contributed by atoms with E-state index in [-0.39, 0.29) is 17.1 Å². The summed E-state index contributed by atoms with van der Waals surface area (Å²) in [5, 5.41) is 0.577. The summed E-state index contributed by atoms with van der Waals surface area (Å²) in [5.41, 5.74) is 2.24. The molecule has 0 saturated carbocycles. The lowest BCUT2D eigenvalue weighted by Gasteiger charge is -2.16. The van der Waals surface area contributed by atoms with Crippen LogP contribution in [0.15, 0.2) is 23.8 Å². The summed E-state index contributed by atoms with van der Waals surface area (Å²) in [6.45, 7) is 0.266. The van der Waals surface area contributed by atoms with Crippen molar-refractivity contribution in [1.82, 2.24) is 4.98 Å². The molecule has 2 heterocycles. The monoisotopic (exact) mass is 312 g/mol. The molecule has 0 atom stereocenters. The molecule has 0 fully saturated rings. The van der Waals surface area contributed by atoms with Gasteiger partial charge in [-0.05, 0) is 12.1 Å². The fraction of sp³-hybridized carbons (Fsp3) is 0.0833. The summed E-state index contributed by atoms with van der Waals surface area (Å²) in [5.74, 6) is -1.23. The number of halogens is 2. The summed E-state index contributed by atoms with van der Waals surface area (Å²) in [4.78, 5) is 30.2. The molecule has 19 heavy (non-hydrogen) atoms. The largest absolute Gasteiger partial charge is 0.299 e. The quantitative estimate of drug-likeness (QED) is 0.800. The molecular weight excluding hydrogens is 307 g/mol. The van der Waals surface area contributed by atoms with Gasteiger partial charge in [-0.3, -0.25) is 19.5 Å². The third-order valence-corrected chi connectivity index (χ3v) is 4.20. The lowest BCUT2D eigenvalue weighted by molar-refractivity contribution is -0.114. The van der Waals surface area contributed by atoms with Crippen molar-refractivity contribution in [2.45, 2.75) is 6.54 Å². The zero-order valence-corrected chi connectivity index (χ0v) is 11.7. The summed E-state index contributed by atoms with van der Waals surface area (Å²) in [7, 11) is 0. The van der Waals surface area contributed by atoms with E-state index in [9.17, 15) is 9.59 Å². The van der Waals surface area contributed by atoms with Crippen LogP contribution in [-0.4, -0.2) is 16.7 Å². The van der Waals surface area contributed by atoms with Gasteiger partial charge in [-0.2, -0.15) is 0 Å². The average molecular weight is 313 g/mol. The van der Waals surface area contributed by atoms with E-state index in [0.717, 1.165) is 4.88 Å². The first-order valence-electron chi connectivity index (χ1n) is 5.31. The second-order valence-corrected chi connectivity index (χ2v) is 5.73. The van der Waals surface area contributed by atoms with Gasteiger partial charge in [0.2, 0.25) is 0 Å². The van der Waals surface area contributed by atoms with E-state index in [1.807, 2.05) is 0 Å². The number of Topliss-reactive ketones (excluding diaryl/α,β-unsaturated/α-hetero) is 1. The van der Waals surface area contributed by atoms with Crippen molar-refractivity contribution in [1.29, 1.82) is 0 Å². The van der Waals surface area contributed by atoms with Gasteiger partial charge < -0.3 is 0 Å². The number of anilines is 1. The van der Waals surface area contributed by atoms with Crippen molar-refractivity contribution in [2.24, 2.45) is 0 Å². The number of hydrogen-bond acceptors (Lipinski definition) is 4. The minimum atomic E-state index is -0.619. The predicted octanol–water partition coefficient (Wildman–Crippen LogP) is 3.18. The van der Waals surface area contributed by atoms with Gasteiger partial charge in [-0.15, -0.1) is 11.3 Å². The van der Waals surface area contributed by atoms with Gasteiger partial charge in [-0.25, -0.2) is 0 Å². The molecule has 4 nitrogen and oxygen atoms in total. The van der Waals surface area contributed by atoms with Crippen LogP contribution in [0.3, 0.4) is 0 Å². The van der Waals surface area contributed by atoms with Crippen molar-refractivity contribution in [3.8, 4) is 0 Å². The first-order chi connectivity index (χ1) is 9.09. The number of hydrogen-bond donors (Lipinski definition) is 0. The molecule has 0 unspecified atom stereocenters. The Bertz CT molecular complexity index is 685. The smallest absolute Gasteiger partial charge is 0.298 e. The highest BCUT2D eigenvalue weighted by Crippen LogP contribution is 2.40. The van der Waals surface area contributed by atoms with E-state index >= 15 is 0 Å². The molecule has 0 N–H and O–H groups in total. The van der Waals surface area contributed by atoms with Crippen LogP contribution in [0.25, 0.3) is 0 Å². The molecule has 0 aliphatic carbocycles. The van der Waals surface area contributed by atoms with Gasteiger partial charge >= 0.3 is 0 Å². The highest BCUT2D eigenvalue weighted by atomic mass is 35.5. The van der Waals surface area contributed by atoms with Crippen LogP contribution in [0.1, 0.15) is 15.2 Å². The maximum Gasteiger partial charge on any atom is 0.299 e. The van der Waals surface area contributed by atoms with Crippen LogP contribution in [0.2, 0.25) is 10.0 Å². The van der Waals surface area contributed by atoms with Crippen LogP contribution in [0, 0.1) is 0 Å². The van der Waals surface area contributed by atoms with Gasteiger partial charge in [0.05, 0.1) is 33.4 Å². The van der Waals surface area contributed by atoms with E-state index < -0.39 is 11.7 Å². The van der Waals surface area contributed by atoms with E-state index in [1.165, 1.54) is 22.3 Å². The van der Waals surface area contributed by atoms with Crippen molar-refractivity contribution in [3.63, 3.8) is 0 Å². The molecule has 0 saturated heterocycles. The molecule has 1 aliphatic heterocycles. The van der Waals surface area contributed by atoms with Crippen LogP contribution >= 0.6 is 34.5 Å². The first-order valence-corrected chi connectivity index (χ1v) is 6.94. The normalized spacial score (nSPS) is 14.1. The Morgan fingerprint density at radius 3 is 2.63 bits per heavy atom. The second kappa shape index (κ2) is 4.59. The third kappa shape index (κ3) is 1.94. The van der Waals surface area contributed by atoms with Gasteiger partial charge in [0.25, 0.3) is 11.7 Å². The summed E-state index contributed by atoms with van der Waals surface area (Å²) >= 11 is 13.5. The van der Waals surface area contributed by atoms with Crippen LogP contribution in [0.4, 0.5) is 5.69 Å². The topological polar surface area (TPSA) is 50.3 Å². The van der Waals surface area contributed by atoms with Gasteiger partial charge in [-0.1, -0.05) is 23.2 Å². The lowest BCUT2D eigenvalue weighted by Crippen LogP contribution is -2.28. The van der Waals surface area contributed by atoms with Crippen molar-refractivity contribution in [2.75, 3.05) is 4.90 Å². The van der Waals surface area contributed by atoms with Gasteiger partial charge in [0.15, 0.2) is 0 Å². The van der Waals surface area contributed by atoms with E-state index in [0.29, 0.717) is 10.7 Å². The van der Waals surface area contributed by atoms with Gasteiger partial charge in [0, 0.05) is 11.1 Å². The first kappa shape index (κ1) is 12.6. The predicted molar refractivity (Wildman–Crippen MR) is 74.1 cm³/mol. The number of nitrogens with zero attached hydrogens (tertiary/aromatic N) is 2. The SMILES string of the molecule is O=C1C(=O)N(Cc2cncs2)c2c(Cl)ccc(Cl)c21. The highest BCUT2D eigenvalue weighted by Gasteiger charge is 2.39. The zero-order chi connectivity index (χ0) is 13.6. The summed E-state index contributed by atoms with van der Waals surface area (Å²) < 4.78 is 0. The van der Waals surface area contributed by atoms with Gasteiger partial charge in [0.1, 0.15) is 0 Å². The lowest BCUT2D eigenvalue weighted by atomic mass is 10.1. The Hall–Kier alpha value is -1.43. The summed E-state index contributed by atoms with van der Waals surface area (Å²) in [6.07, 6.45) is 1.65. The zero-order valence-electron chi connectivity index (χ0n) is 9.39. The fourth-order valence-corrected chi connectivity index (χ4v) is 3.06. The average Bonchev–Trinajstić information content (AvgIpc) is 2.97. The number of carbonyl (C=O) groups is 2. The van der Waals surface area contributed by atoms with Crippen LogP contribution < -0.4 is 4.90 Å². The third-order valence-electron chi connectivity index (χ3n) is 2.81. The number of benzene rings is 1. The molecule has 1 aromatic carbocycles. The van der Waals surface area contributed by atoms with E-state index in [4.69, 9.17) is 23.2 Å². The summed E-state index contributed by atoms with van der Waals surface area (Å²) in [6, 6.07) is 3.10. The molecule has 1 amide bonds. The minimum absolute atomic E-state index is 0.184. The molecule has 7 heteroatoms. The molecular formula is C12H6Cl2N2O2S. The van der Waals surface area contributed by atoms with E-state index in [1.54, 1.807) is 17.8 Å². The van der Waals surface area contributed by atoms with Crippen molar-refractivity contribution < 1.29 is 9.59 Å². The number of ketones is 1. The number of thiazole rings is 1. The molecule has 1 aliphatic rings. The second-order valence-electron chi connectivity index (χ2n) is 3.94. The maximum atomic E-state index is 12.0. The number of fused-ring (bicyclic) bond motifs is 1. The Labute approximate surface area is 122 Å². The Balaban J connectivity index is 2.12. The molecule has 2 aromatic rings. The Morgan fingerprint density at radius 1 is 1.21 bits per heavy atom. The number of rotatable bonds is 2. The molecule has 96 valence electrons. The Morgan fingerprint density at radius 2 is 1.95 bits per heavy atom. The molecule has 0 spiro atoms. The Kier molecular flexibility index (Phi) is 3.05. The standard InChI is InChI=1S/C12H6Cl2N2O2S/c13-7-1-2-8(14)10-9(7)11(17)12(18)16(10)4-6-3-15-5-19-6/h1-3,5H,4H2. The van der Waals surface area contributed by atoms with Crippen LogP contribution in [0.5, 0.6) is 0 Å². The number of carbonyl (C=O) groups excluding carboxylic acids is 2. The van der Waals surface area contributed by atoms with Crippen LogP contribution in [-0.2, 0) is 11.3 Å². The number of aromatic nitrogens is 1. The number of amides is 1. The molecule has 0 bridgehead atoms. The van der Waals surface area contributed by atoms with Crippen molar-refractivity contribution >= 4 is 51.9 Å². The fourth-order valence-electron chi connectivity index (χ4n) is 1.98.